The third-order valence-electron chi connectivity index (χ3n) is 2.06. The second kappa shape index (κ2) is 4.13. The molecule has 8 heteroatoms. The lowest BCUT2D eigenvalue weighted by atomic mass is 10.2. The molecule has 4 N–H and O–H groups in total. The number of aromatic nitrogens is 4. The van der Waals surface area contributed by atoms with Gasteiger partial charge in [0.15, 0.2) is 5.82 Å². The van der Waals surface area contributed by atoms with E-state index in [0.717, 1.165) is 5.69 Å². The van der Waals surface area contributed by atoms with E-state index < -0.39 is 5.91 Å². The van der Waals surface area contributed by atoms with E-state index in [4.69, 9.17) is 11.5 Å². The predicted octanol–water partition coefficient (Wildman–Crippen LogP) is 0.414. The molecule has 0 bridgehead atoms. The number of hydrogen-bond donors (Lipinski definition) is 2. The zero-order chi connectivity index (χ0) is 12.6. The van der Waals surface area contributed by atoms with Crippen LogP contribution < -0.4 is 11.5 Å². The maximum atomic E-state index is 11.3. The van der Waals surface area contributed by atoms with E-state index >= 15 is 0 Å². The van der Waals surface area contributed by atoms with Crippen molar-refractivity contribution in [2.75, 3.05) is 5.73 Å². The van der Waals surface area contributed by atoms with Crippen LogP contribution in [0.1, 0.15) is 16.1 Å². The van der Waals surface area contributed by atoms with Crippen LogP contribution in [-0.4, -0.2) is 25.7 Å². The Bertz CT molecular complexity index is 593. The number of amides is 1. The minimum Gasteiger partial charge on any atom is -0.366 e. The fourth-order valence-electron chi connectivity index (χ4n) is 1.34. The van der Waals surface area contributed by atoms with E-state index in [-0.39, 0.29) is 11.5 Å². The molecule has 0 aliphatic rings. The second-order valence-electron chi connectivity index (χ2n) is 3.34. The fourth-order valence-corrected chi connectivity index (χ4v) is 1.77. The van der Waals surface area contributed by atoms with Crippen molar-refractivity contribution >= 4 is 27.8 Å². The van der Waals surface area contributed by atoms with Gasteiger partial charge in [-0.3, -0.25) is 4.79 Å². The average Bonchev–Trinajstić information content (AvgIpc) is 2.57. The summed E-state index contributed by atoms with van der Waals surface area (Å²) in [4.78, 5) is 19.4. The Kier molecular flexibility index (Phi) is 2.80. The number of primary amides is 1. The van der Waals surface area contributed by atoms with Crippen molar-refractivity contribution in [3.8, 4) is 5.82 Å². The van der Waals surface area contributed by atoms with Gasteiger partial charge in [0.25, 0.3) is 5.91 Å². The smallest absolute Gasteiger partial charge is 0.252 e. The Morgan fingerprint density at radius 1 is 1.41 bits per heavy atom. The van der Waals surface area contributed by atoms with Gasteiger partial charge in [0.1, 0.15) is 0 Å². The van der Waals surface area contributed by atoms with Crippen molar-refractivity contribution in [2.45, 2.75) is 6.92 Å². The first-order valence-electron chi connectivity index (χ1n) is 4.65. The van der Waals surface area contributed by atoms with Gasteiger partial charge >= 0.3 is 0 Å². The highest BCUT2D eigenvalue weighted by Crippen LogP contribution is 2.17. The maximum absolute atomic E-state index is 11.3. The number of pyridine rings is 1. The Labute approximate surface area is 105 Å². The molecule has 0 aliphatic heterocycles. The number of carbonyl (C=O) groups is 1. The monoisotopic (exact) mass is 296 g/mol. The Balaban J connectivity index is 2.69. The quantitative estimate of drug-likeness (QED) is 0.833. The van der Waals surface area contributed by atoms with E-state index in [2.05, 4.69) is 31.0 Å². The molecule has 0 aliphatic carbocycles. The molecular weight excluding hydrogens is 288 g/mol. The van der Waals surface area contributed by atoms with E-state index in [1.807, 2.05) is 0 Å². The SMILES string of the molecule is Cc1ccc(C(N)=O)c(-n2nc(N)nc2Br)n1. The van der Waals surface area contributed by atoms with Crippen molar-refractivity contribution in [2.24, 2.45) is 5.73 Å². The van der Waals surface area contributed by atoms with Gasteiger partial charge in [-0.05, 0) is 35.0 Å². The van der Waals surface area contributed by atoms with Gasteiger partial charge in [-0.1, -0.05) is 0 Å². The molecule has 0 atom stereocenters. The van der Waals surface area contributed by atoms with Crippen molar-refractivity contribution in [3.05, 3.63) is 28.1 Å². The van der Waals surface area contributed by atoms with Crippen molar-refractivity contribution in [1.82, 2.24) is 19.7 Å². The second-order valence-corrected chi connectivity index (χ2v) is 4.05. The summed E-state index contributed by atoms with van der Waals surface area (Å²) < 4.78 is 1.68. The minimum absolute atomic E-state index is 0.0793. The lowest BCUT2D eigenvalue weighted by Gasteiger charge is -2.06. The predicted molar refractivity (Wildman–Crippen MR) is 64.5 cm³/mol. The zero-order valence-electron chi connectivity index (χ0n) is 8.88. The number of rotatable bonds is 2. The topological polar surface area (TPSA) is 113 Å². The summed E-state index contributed by atoms with van der Waals surface area (Å²) in [7, 11) is 0. The molecule has 2 rings (SSSR count). The average molecular weight is 297 g/mol. The Morgan fingerprint density at radius 3 is 2.65 bits per heavy atom. The maximum Gasteiger partial charge on any atom is 0.252 e. The van der Waals surface area contributed by atoms with Crippen molar-refractivity contribution in [3.63, 3.8) is 0 Å². The van der Waals surface area contributed by atoms with Crippen molar-refractivity contribution in [1.29, 1.82) is 0 Å². The highest BCUT2D eigenvalue weighted by Gasteiger charge is 2.16. The van der Waals surface area contributed by atoms with Crippen LogP contribution in [0.2, 0.25) is 0 Å². The first-order chi connectivity index (χ1) is 7.99. The minimum atomic E-state index is -0.589. The van der Waals surface area contributed by atoms with E-state index in [1.54, 1.807) is 19.1 Å². The molecule has 17 heavy (non-hydrogen) atoms. The summed E-state index contributed by atoms with van der Waals surface area (Å²) in [5, 5.41) is 3.93. The lowest BCUT2D eigenvalue weighted by Crippen LogP contribution is -2.17. The summed E-state index contributed by atoms with van der Waals surface area (Å²) in [6.45, 7) is 1.79. The molecule has 0 unspecified atom stereocenters. The van der Waals surface area contributed by atoms with Gasteiger partial charge in [0.05, 0.1) is 5.56 Å². The summed E-state index contributed by atoms with van der Waals surface area (Å²) in [6.07, 6.45) is 0. The number of aryl methyl sites for hydroxylation is 1. The van der Waals surface area contributed by atoms with Crippen LogP contribution in [0.3, 0.4) is 0 Å². The van der Waals surface area contributed by atoms with Gasteiger partial charge in [0, 0.05) is 5.69 Å². The Hall–Kier alpha value is -1.96. The molecule has 2 aromatic heterocycles. The normalized spacial score (nSPS) is 10.5. The fraction of sp³-hybridized carbons (Fsp3) is 0.111. The van der Waals surface area contributed by atoms with Crippen molar-refractivity contribution < 1.29 is 4.79 Å². The molecule has 0 saturated carbocycles. The van der Waals surface area contributed by atoms with Crippen LogP contribution in [0.5, 0.6) is 0 Å². The van der Waals surface area contributed by atoms with E-state index in [9.17, 15) is 4.79 Å². The van der Waals surface area contributed by atoms with Gasteiger partial charge in [0.2, 0.25) is 10.7 Å². The molecule has 88 valence electrons. The molecule has 0 saturated heterocycles. The molecule has 1 amide bonds. The van der Waals surface area contributed by atoms with E-state index in [0.29, 0.717) is 10.6 Å². The highest BCUT2D eigenvalue weighted by molar-refractivity contribution is 9.10. The number of nitrogen functional groups attached to an aromatic ring is 1. The molecule has 2 aromatic rings. The molecule has 0 aromatic carbocycles. The molecule has 7 nitrogen and oxygen atoms in total. The third kappa shape index (κ3) is 2.11. The van der Waals surface area contributed by atoms with Crippen LogP contribution in [-0.2, 0) is 0 Å². The summed E-state index contributed by atoms with van der Waals surface area (Å²) in [5.74, 6) is -0.211. The molecule has 0 radical (unpaired) electrons. The standard InChI is InChI=1S/C9H9BrN6O/c1-4-2-3-5(6(11)17)7(13-4)16-8(10)14-9(12)15-16/h2-3H,1H3,(H2,11,17)(H2,12,15). The van der Waals surface area contributed by atoms with Crippen LogP contribution in [0.25, 0.3) is 5.82 Å². The van der Waals surface area contributed by atoms with Gasteiger partial charge in [-0.15, -0.1) is 5.10 Å². The summed E-state index contributed by atoms with van der Waals surface area (Å²) in [5.41, 5.74) is 11.7. The number of hydrogen-bond acceptors (Lipinski definition) is 5. The van der Waals surface area contributed by atoms with Crippen LogP contribution in [0, 0.1) is 6.92 Å². The lowest BCUT2D eigenvalue weighted by molar-refractivity contribution is 0.1000. The zero-order valence-corrected chi connectivity index (χ0v) is 10.5. The van der Waals surface area contributed by atoms with Gasteiger partial charge in [-0.25, -0.2) is 4.98 Å². The Morgan fingerprint density at radius 2 is 2.12 bits per heavy atom. The third-order valence-corrected chi connectivity index (χ3v) is 2.58. The largest absolute Gasteiger partial charge is 0.366 e. The number of nitrogens with zero attached hydrogens (tertiary/aromatic N) is 4. The number of anilines is 1. The van der Waals surface area contributed by atoms with Crippen LogP contribution in [0.4, 0.5) is 5.95 Å². The molecular formula is C9H9BrN6O. The summed E-state index contributed by atoms with van der Waals surface area (Å²) >= 11 is 3.18. The number of nitrogens with two attached hydrogens (primary N) is 2. The molecule has 0 fully saturated rings. The molecule has 2 heterocycles. The van der Waals surface area contributed by atoms with E-state index in [1.165, 1.54) is 4.68 Å². The first kappa shape index (κ1) is 11.5. The number of halogens is 1. The highest BCUT2D eigenvalue weighted by atomic mass is 79.9. The van der Waals surface area contributed by atoms with Gasteiger partial charge in [-0.2, -0.15) is 9.67 Å². The number of carbonyl (C=O) groups excluding carboxylic acids is 1. The molecule has 0 spiro atoms. The van der Waals surface area contributed by atoms with Crippen LogP contribution >= 0.6 is 15.9 Å². The van der Waals surface area contributed by atoms with Crippen LogP contribution in [0.15, 0.2) is 16.9 Å². The van der Waals surface area contributed by atoms with Gasteiger partial charge < -0.3 is 11.5 Å². The summed E-state index contributed by atoms with van der Waals surface area (Å²) in [6, 6.07) is 3.28. The first-order valence-corrected chi connectivity index (χ1v) is 5.44.